The molecule has 7 atom stereocenters. The predicted octanol–water partition coefficient (Wildman–Crippen LogP) is 3.32. The van der Waals surface area contributed by atoms with Crippen molar-refractivity contribution in [1.29, 1.82) is 0 Å². The van der Waals surface area contributed by atoms with Crippen molar-refractivity contribution in [3.05, 3.63) is 11.6 Å². The molecule has 4 aliphatic rings. The average molecular weight is 421 g/mol. The number of fused-ring (bicyclic) bond motifs is 4. The van der Waals surface area contributed by atoms with Gasteiger partial charge in [0, 0.05) is 24.7 Å². The van der Waals surface area contributed by atoms with Gasteiger partial charge >= 0.3 is 17.9 Å². The Balaban J connectivity index is 1.83. The third-order valence-corrected chi connectivity index (χ3v) is 8.67. The first-order chi connectivity index (χ1) is 14.2. The molecule has 3 saturated carbocycles. The highest BCUT2D eigenvalue weighted by Crippen LogP contribution is 2.67. The smallest absolute Gasteiger partial charge is 0.333 e. The molecule has 1 heterocycles. The second-order valence-electron chi connectivity index (χ2n) is 9.71. The highest BCUT2D eigenvalue weighted by molar-refractivity contribution is 5.87. The van der Waals surface area contributed by atoms with Gasteiger partial charge in [-0.3, -0.25) is 9.59 Å². The summed E-state index contributed by atoms with van der Waals surface area (Å²) in [4.78, 5) is 38.0. The minimum atomic E-state index is -1.18. The number of esters is 2. The molecule has 1 N–H and O–H groups in total. The van der Waals surface area contributed by atoms with Crippen LogP contribution < -0.4 is 0 Å². The third kappa shape index (κ3) is 2.63. The lowest BCUT2D eigenvalue weighted by atomic mass is 9.42. The topological polar surface area (TPSA) is 99.1 Å². The van der Waals surface area contributed by atoms with E-state index in [0.29, 0.717) is 38.7 Å². The van der Waals surface area contributed by atoms with Crippen LogP contribution in [0.2, 0.25) is 0 Å². The van der Waals surface area contributed by atoms with Crippen molar-refractivity contribution in [1.82, 2.24) is 0 Å². The molecule has 7 heteroatoms. The number of carbonyl (C=O) groups is 3. The van der Waals surface area contributed by atoms with Crippen molar-refractivity contribution >= 4 is 17.9 Å². The van der Waals surface area contributed by atoms with Crippen LogP contribution in [0, 0.1) is 34.5 Å². The largest absolute Gasteiger partial charge is 0.481 e. The second kappa shape index (κ2) is 7.08. The Labute approximate surface area is 177 Å². The maximum atomic E-state index is 13.0. The van der Waals surface area contributed by atoms with E-state index in [9.17, 15) is 19.5 Å². The molecule has 0 aromatic rings. The minimum Gasteiger partial charge on any atom is -0.481 e. The van der Waals surface area contributed by atoms with E-state index < -0.39 is 28.6 Å². The molecule has 0 aromatic carbocycles. The van der Waals surface area contributed by atoms with Gasteiger partial charge < -0.3 is 19.3 Å². The van der Waals surface area contributed by atoms with Crippen molar-refractivity contribution in [2.45, 2.75) is 65.1 Å². The summed E-state index contributed by atoms with van der Waals surface area (Å²) in [6.45, 7) is 6.13. The third-order valence-electron chi connectivity index (χ3n) is 8.67. The molecule has 7 nitrogen and oxygen atoms in total. The molecule has 3 fully saturated rings. The predicted molar refractivity (Wildman–Crippen MR) is 106 cm³/mol. The molecule has 0 amide bonds. The van der Waals surface area contributed by atoms with Crippen LogP contribution in [0.4, 0.5) is 0 Å². The number of methoxy groups -OCH3 is 1. The average Bonchev–Trinajstić information content (AvgIpc) is 3.04. The summed E-state index contributed by atoms with van der Waals surface area (Å²) in [5.41, 5.74) is -1.06. The number of rotatable bonds is 4. The highest BCUT2D eigenvalue weighted by Gasteiger charge is 2.69. The molecule has 1 unspecified atom stereocenters. The van der Waals surface area contributed by atoms with Gasteiger partial charge in [0.15, 0.2) is 0 Å². The van der Waals surface area contributed by atoms with Gasteiger partial charge in [0.1, 0.15) is 0 Å². The number of carbonyl (C=O) groups excluding carboxylic acids is 2. The van der Waals surface area contributed by atoms with Crippen LogP contribution in [-0.2, 0) is 28.6 Å². The molecule has 30 heavy (non-hydrogen) atoms. The molecule has 0 radical (unpaired) electrons. The fraction of sp³-hybridized carbons (Fsp3) is 0.783. The van der Waals surface area contributed by atoms with E-state index in [0.717, 1.165) is 12.0 Å². The van der Waals surface area contributed by atoms with E-state index in [-0.39, 0.29) is 29.6 Å². The number of carboxylic acid groups (broad SMARTS) is 1. The van der Waals surface area contributed by atoms with Crippen molar-refractivity contribution in [3.8, 4) is 0 Å². The first-order valence-electron chi connectivity index (χ1n) is 11.1. The lowest BCUT2D eigenvalue weighted by Gasteiger charge is -2.61. The Kier molecular flexibility index (Phi) is 5.03. The zero-order valence-electron chi connectivity index (χ0n) is 18.2. The van der Waals surface area contributed by atoms with Crippen LogP contribution >= 0.6 is 0 Å². The lowest BCUT2D eigenvalue weighted by molar-refractivity contribution is -0.244. The molecule has 0 spiro atoms. The number of aliphatic carboxylic acids is 1. The van der Waals surface area contributed by atoms with Crippen LogP contribution in [0.1, 0.15) is 59.3 Å². The molecule has 0 aromatic heterocycles. The Morgan fingerprint density at radius 1 is 1.30 bits per heavy atom. The second-order valence-corrected chi connectivity index (χ2v) is 9.71. The van der Waals surface area contributed by atoms with Crippen LogP contribution in [0.25, 0.3) is 0 Å². The lowest BCUT2D eigenvalue weighted by Crippen LogP contribution is -2.64. The zero-order chi connectivity index (χ0) is 21.9. The van der Waals surface area contributed by atoms with Gasteiger partial charge in [-0.1, -0.05) is 13.3 Å². The fourth-order valence-electron chi connectivity index (χ4n) is 7.50. The quantitative estimate of drug-likeness (QED) is 0.697. The molecule has 0 saturated heterocycles. The van der Waals surface area contributed by atoms with Gasteiger partial charge in [0.25, 0.3) is 0 Å². The van der Waals surface area contributed by atoms with E-state index in [1.54, 1.807) is 0 Å². The summed E-state index contributed by atoms with van der Waals surface area (Å²) in [7, 11) is 1.37. The van der Waals surface area contributed by atoms with Crippen LogP contribution in [0.3, 0.4) is 0 Å². The van der Waals surface area contributed by atoms with Crippen LogP contribution in [0.15, 0.2) is 11.6 Å². The van der Waals surface area contributed by atoms with E-state index >= 15 is 0 Å². The number of ether oxygens (including phenoxy) is 3. The van der Waals surface area contributed by atoms with Crippen molar-refractivity contribution in [3.63, 3.8) is 0 Å². The van der Waals surface area contributed by atoms with Gasteiger partial charge in [0.2, 0.25) is 5.79 Å². The Hall–Kier alpha value is -1.89. The molecule has 166 valence electrons. The maximum Gasteiger partial charge on any atom is 0.333 e. The van der Waals surface area contributed by atoms with E-state index in [2.05, 4.69) is 6.92 Å². The number of carboxylic acids is 1. The zero-order valence-corrected chi connectivity index (χ0v) is 18.2. The van der Waals surface area contributed by atoms with Crippen LogP contribution in [-0.4, -0.2) is 42.5 Å². The normalized spacial score (nSPS) is 44.8. The van der Waals surface area contributed by atoms with Gasteiger partial charge in [-0.25, -0.2) is 4.79 Å². The standard InChI is InChI=1S/C23H32O7/c1-5-29-23-12-16-14(13(2)15(23)11-18(24)30-23)7-8-17-21(3,20(27)28-4)9-6-10-22(16,17)19(25)26/h11,13-14,16-17H,5-10,12H2,1-4H3,(H,25,26)/t13-,14+,16+,17?,21-,22+,23-/m1/s1. The van der Waals surface area contributed by atoms with Crippen molar-refractivity contribution in [2.75, 3.05) is 13.7 Å². The summed E-state index contributed by atoms with van der Waals surface area (Å²) < 4.78 is 16.8. The summed E-state index contributed by atoms with van der Waals surface area (Å²) in [5.74, 6) is -3.28. The molecule has 3 aliphatic carbocycles. The van der Waals surface area contributed by atoms with Gasteiger partial charge in [-0.15, -0.1) is 0 Å². The van der Waals surface area contributed by atoms with E-state index in [1.807, 2.05) is 13.8 Å². The summed E-state index contributed by atoms with van der Waals surface area (Å²) in [6, 6.07) is 0. The molecular weight excluding hydrogens is 388 g/mol. The van der Waals surface area contributed by atoms with Gasteiger partial charge in [0.05, 0.1) is 17.9 Å². The first kappa shape index (κ1) is 21.3. The van der Waals surface area contributed by atoms with E-state index in [4.69, 9.17) is 14.2 Å². The van der Waals surface area contributed by atoms with Gasteiger partial charge in [-0.05, 0) is 63.2 Å². The minimum absolute atomic E-state index is 0.0229. The summed E-state index contributed by atoms with van der Waals surface area (Å²) in [6.07, 6.45) is 5.13. The summed E-state index contributed by atoms with van der Waals surface area (Å²) >= 11 is 0. The SMILES string of the molecule is CCO[C@@]12C[C@H]3[C@@H](CCC4[C@](C)(C(=O)OC)CCC[C@@]43C(=O)O)[C@@H](C)C1=CC(=O)O2. The number of hydrogen-bond acceptors (Lipinski definition) is 6. The molecule has 0 bridgehead atoms. The molecule has 1 aliphatic heterocycles. The van der Waals surface area contributed by atoms with Crippen LogP contribution in [0.5, 0.6) is 0 Å². The Morgan fingerprint density at radius 2 is 2.03 bits per heavy atom. The Morgan fingerprint density at radius 3 is 2.67 bits per heavy atom. The Bertz CT molecular complexity index is 803. The van der Waals surface area contributed by atoms with Gasteiger partial charge in [-0.2, -0.15) is 0 Å². The summed E-state index contributed by atoms with van der Waals surface area (Å²) in [5, 5.41) is 10.6. The fourth-order valence-corrected chi connectivity index (χ4v) is 7.50. The van der Waals surface area contributed by atoms with Crippen molar-refractivity contribution < 1.29 is 33.7 Å². The maximum absolute atomic E-state index is 13.0. The number of hydrogen-bond donors (Lipinski definition) is 1. The van der Waals surface area contributed by atoms with E-state index in [1.165, 1.54) is 13.2 Å². The highest BCUT2D eigenvalue weighted by atomic mass is 16.7. The van der Waals surface area contributed by atoms with Crippen molar-refractivity contribution in [2.24, 2.45) is 34.5 Å². The first-order valence-corrected chi connectivity index (χ1v) is 11.1. The molecule has 4 rings (SSSR count). The monoisotopic (exact) mass is 420 g/mol. The molecular formula is C23H32O7.